The molecular weight excluding hydrogens is 270 g/mol. The van der Waals surface area contributed by atoms with E-state index in [1.165, 1.54) is 6.20 Å². The lowest BCUT2D eigenvalue weighted by atomic mass is 9.91. The number of nitro groups is 1. The second-order valence-electron chi connectivity index (χ2n) is 4.58. The van der Waals surface area contributed by atoms with E-state index in [0.29, 0.717) is 24.5 Å². The summed E-state index contributed by atoms with van der Waals surface area (Å²) in [7, 11) is 0. The largest absolute Gasteiger partial charge is 0.479 e. The first-order valence-corrected chi connectivity index (χ1v) is 6.94. The molecule has 1 N–H and O–H groups in total. The van der Waals surface area contributed by atoms with Crippen molar-refractivity contribution in [2.45, 2.75) is 38.1 Å². The lowest BCUT2D eigenvalue weighted by Gasteiger charge is -2.34. The highest BCUT2D eigenvalue weighted by molar-refractivity contribution is 7.18. The fraction of sp³-hybridized carbons (Fsp3) is 0.636. The molecule has 1 aromatic rings. The van der Waals surface area contributed by atoms with E-state index in [0.717, 1.165) is 24.2 Å². The second-order valence-corrected chi connectivity index (χ2v) is 5.57. The monoisotopic (exact) mass is 285 g/mol. The van der Waals surface area contributed by atoms with Crippen molar-refractivity contribution in [3.05, 3.63) is 16.3 Å². The van der Waals surface area contributed by atoms with Gasteiger partial charge in [-0.1, -0.05) is 13.3 Å². The smallest absolute Gasteiger partial charge is 0.345 e. The minimum absolute atomic E-state index is 0.0577. The Morgan fingerprint density at radius 3 is 3.00 bits per heavy atom. The highest BCUT2D eigenvalue weighted by Gasteiger charge is 2.48. The van der Waals surface area contributed by atoms with Crippen LogP contribution < -0.4 is 4.90 Å². The number of anilines is 1. The van der Waals surface area contributed by atoms with Crippen molar-refractivity contribution in [1.29, 1.82) is 0 Å². The van der Waals surface area contributed by atoms with Crippen molar-refractivity contribution in [3.8, 4) is 0 Å². The number of carboxylic acid groups (broad SMARTS) is 1. The van der Waals surface area contributed by atoms with Crippen LogP contribution >= 0.6 is 11.3 Å². The molecule has 0 aliphatic carbocycles. The van der Waals surface area contributed by atoms with Crippen molar-refractivity contribution in [1.82, 2.24) is 4.98 Å². The minimum Gasteiger partial charge on any atom is -0.479 e. The molecule has 0 aromatic carbocycles. The van der Waals surface area contributed by atoms with E-state index < -0.39 is 16.4 Å². The van der Waals surface area contributed by atoms with Gasteiger partial charge in [-0.15, -0.1) is 0 Å². The zero-order valence-electron chi connectivity index (χ0n) is 10.5. The second kappa shape index (κ2) is 5.12. The van der Waals surface area contributed by atoms with Gasteiger partial charge in [0, 0.05) is 6.54 Å². The Morgan fingerprint density at radius 2 is 2.47 bits per heavy atom. The molecule has 1 atom stereocenters. The lowest BCUT2D eigenvalue weighted by molar-refractivity contribution is -0.380. The number of hydrogen-bond donors (Lipinski definition) is 1. The molecule has 8 heteroatoms. The van der Waals surface area contributed by atoms with Gasteiger partial charge < -0.3 is 10.0 Å². The minimum atomic E-state index is -0.958. The van der Waals surface area contributed by atoms with Crippen molar-refractivity contribution in [3.63, 3.8) is 0 Å². The molecule has 19 heavy (non-hydrogen) atoms. The molecule has 0 saturated carbocycles. The van der Waals surface area contributed by atoms with Gasteiger partial charge in [0.15, 0.2) is 5.13 Å². The van der Waals surface area contributed by atoms with Crippen LogP contribution in [0.3, 0.4) is 0 Å². The molecule has 1 saturated heterocycles. The average Bonchev–Trinajstić information content (AvgIpc) is 2.95. The number of aromatic nitrogens is 1. The number of hydrogen-bond acceptors (Lipinski definition) is 6. The number of carbonyl (C=O) groups is 1. The summed E-state index contributed by atoms with van der Waals surface area (Å²) in [6.07, 6.45) is 3.78. The van der Waals surface area contributed by atoms with Crippen molar-refractivity contribution < 1.29 is 14.8 Å². The Kier molecular flexibility index (Phi) is 3.70. The fourth-order valence-electron chi connectivity index (χ4n) is 2.63. The Morgan fingerprint density at radius 1 is 1.74 bits per heavy atom. The van der Waals surface area contributed by atoms with Gasteiger partial charge in [0.05, 0.1) is 4.92 Å². The maximum Gasteiger partial charge on any atom is 0.345 e. The SMILES string of the molecule is CCCC1(C(=O)O)CCCN1c1ncc([N+](=O)[O-])s1. The number of nitrogens with zero attached hydrogens (tertiary/aromatic N) is 3. The molecule has 0 bridgehead atoms. The van der Waals surface area contributed by atoms with Crippen molar-refractivity contribution in [2.24, 2.45) is 0 Å². The van der Waals surface area contributed by atoms with Gasteiger partial charge in [-0.3, -0.25) is 10.1 Å². The first-order valence-electron chi connectivity index (χ1n) is 6.12. The van der Waals surface area contributed by atoms with Gasteiger partial charge in [-0.25, -0.2) is 9.78 Å². The summed E-state index contributed by atoms with van der Waals surface area (Å²) in [5, 5.41) is 20.6. The van der Waals surface area contributed by atoms with Crippen LogP contribution in [0.2, 0.25) is 0 Å². The third-order valence-corrected chi connectivity index (χ3v) is 4.41. The molecule has 0 spiro atoms. The molecule has 7 nitrogen and oxygen atoms in total. The maximum absolute atomic E-state index is 11.6. The lowest BCUT2D eigenvalue weighted by Crippen LogP contribution is -2.50. The average molecular weight is 285 g/mol. The Hall–Kier alpha value is -1.70. The summed E-state index contributed by atoms with van der Waals surface area (Å²) in [5.74, 6) is -0.871. The quantitative estimate of drug-likeness (QED) is 0.658. The Balaban J connectivity index is 2.35. The molecular formula is C11H15N3O4S. The van der Waals surface area contributed by atoms with Gasteiger partial charge in [-0.05, 0) is 30.6 Å². The molecule has 2 heterocycles. The van der Waals surface area contributed by atoms with E-state index in [9.17, 15) is 20.0 Å². The van der Waals surface area contributed by atoms with Gasteiger partial charge >= 0.3 is 11.0 Å². The van der Waals surface area contributed by atoms with E-state index in [1.54, 1.807) is 4.90 Å². The standard InChI is InChI=1S/C11H15N3O4S/c1-2-4-11(9(15)16)5-3-6-13(11)10-12-7-8(19-10)14(17)18/h7H,2-6H2,1H3,(H,15,16). The summed E-state index contributed by atoms with van der Waals surface area (Å²) in [6.45, 7) is 2.52. The van der Waals surface area contributed by atoms with E-state index in [4.69, 9.17) is 0 Å². The Labute approximate surface area is 114 Å². The molecule has 0 amide bonds. The molecule has 1 aliphatic rings. The molecule has 1 unspecified atom stereocenters. The molecule has 2 rings (SSSR count). The van der Waals surface area contributed by atoms with Crippen LogP contribution in [-0.2, 0) is 4.79 Å². The van der Waals surface area contributed by atoms with Crippen molar-refractivity contribution >= 4 is 27.4 Å². The first-order chi connectivity index (χ1) is 9.01. The number of thiazole rings is 1. The third-order valence-electron chi connectivity index (χ3n) is 3.44. The zero-order chi connectivity index (χ0) is 14.0. The van der Waals surface area contributed by atoms with E-state index in [1.807, 2.05) is 6.92 Å². The highest BCUT2D eigenvalue weighted by atomic mass is 32.1. The Bertz CT molecular complexity index is 504. The van der Waals surface area contributed by atoms with Crippen LogP contribution in [0.15, 0.2) is 6.20 Å². The van der Waals surface area contributed by atoms with Crippen LogP contribution in [0.1, 0.15) is 32.6 Å². The summed E-state index contributed by atoms with van der Waals surface area (Å²) < 4.78 is 0. The molecule has 104 valence electrons. The number of carboxylic acids is 1. The molecule has 1 fully saturated rings. The van der Waals surface area contributed by atoms with Crippen molar-refractivity contribution in [2.75, 3.05) is 11.4 Å². The topological polar surface area (TPSA) is 96.6 Å². The van der Waals surface area contributed by atoms with E-state index in [-0.39, 0.29) is 5.00 Å². The molecule has 1 aromatic heterocycles. The summed E-state index contributed by atoms with van der Waals surface area (Å²) in [6, 6.07) is 0. The van der Waals surface area contributed by atoms with Crippen LogP contribution in [0, 0.1) is 10.1 Å². The summed E-state index contributed by atoms with van der Waals surface area (Å²) in [4.78, 5) is 27.6. The van der Waals surface area contributed by atoms with Crippen LogP contribution in [0.25, 0.3) is 0 Å². The van der Waals surface area contributed by atoms with E-state index >= 15 is 0 Å². The summed E-state index contributed by atoms with van der Waals surface area (Å²) in [5.41, 5.74) is -0.958. The third kappa shape index (κ3) is 2.27. The van der Waals surface area contributed by atoms with Gasteiger partial charge in [0.1, 0.15) is 11.7 Å². The zero-order valence-corrected chi connectivity index (χ0v) is 11.4. The predicted octanol–water partition coefficient (Wildman–Crippen LogP) is 2.28. The molecule has 0 radical (unpaired) electrons. The number of rotatable bonds is 5. The fourth-order valence-corrected chi connectivity index (χ4v) is 3.47. The van der Waals surface area contributed by atoms with E-state index in [2.05, 4.69) is 4.98 Å². The van der Waals surface area contributed by atoms with Crippen LogP contribution in [0.5, 0.6) is 0 Å². The molecule has 1 aliphatic heterocycles. The van der Waals surface area contributed by atoms with Gasteiger partial charge in [-0.2, -0.15) is 0 Å². The first kappa shape index (κ1) is 13.7. The normalized spacial score (nSPS) is 22.7. The maximum atomic E-state index is 11.6. The van der Waals surface area contributed by atoms with Gasteiger partial charge in [0.25, 0.3) is 0 Å². The van der Waals surface area contributed by atoms with Gasteiger partial charge in [0.2, 0.25) is 0 Å². The van der Waals surface area contributed by atoms with Crippen LogP contribution in [0.4, 0.5) is 10.1 Å². The highest BCUT2D eigenvalue weighted by Crippen LogP contribution is 2.40. The van der Waals surface area contributed by atoms with Crippen LogP contribution in [-0.4, -0.2) is 33.1 Å². The summed E-state index contributed by atoms with van der Waals surface area (Å²) >= 11 is 0.936. The number of aliphatic carboxylic acids is 1. The predicted molar refractivity (Wildman–Crippen MR) is 70.6 cm³/mol.